The number of fused-ring (bicyclic) bond motifs is 2. The van der Waals surface area contributed by atoms with Crippen molar-refractivity contribution in [2.24, 2.45) is 0 Å². The molecule has 5 heteroatoms. The van der Waals surface area contributed by atoms with Gasteiger partial charge in [-0.3, -0.25) is 9.78 Å². The summed E-state index contributed by atoms with van der Waals surface area (Å²) in [5, 5.41) is 4.53. The van der Waals surface area contributed by atoms with Crippen LogP contribution in [-0.4, -0.2) is 28.9 Å². The molecule has 2 aliphatic rings. The molecule has 5 rings (SSSR count). The highest BCUT2D eigenvalue weighted by atomic mass is 32.1. The lowest BCUT2D eigenvalue weighted by Crippen LogP contribution is -2.30. The number of rotatable bonds is 2. The Morgan fingerprint density at radius 2 is 2.19 bits per heavy atom. The summed E-state index contributed by atoms with van der Waals surface area (Å²) >= 11 is 1.66. The van der Waals surface area contributed by atoms with E-state index in [4.69, 9.17) is 0 Å². The number of nitrogens with one attached hydrogen (secondary N) is 1. The van der Waals surface area contributed by atoms with Crippen LogP contribution in [0.3, 0.4) is 0 Å². The average Bonchev–Trinajstić information content (AvgIpc) is 3.34. The predicted molar refractivity (Wildman–Crippen MR) is 104 cm³/mol. The minimum absolute atomic E-state index is 0.136. The fourth-order valence-corrected chi connectivity index (χ4v) is 5.26. The monoisotopic (exact) mass is 363 g/mol. The minimum Gasteiger partial charge on any atom is -0.331 e. The van der Waals surface area contributed by atoms with Crippen LogP contribution in [-0.2, 0) is 13.0 Å². The highest BCUT2D eigenvalue weighted by Gasteiger charge is 2.32. The molecular formula is C21H21N3OS. The molecule has 26 heavy (non-hydrogen) atoms. The van der Waals surface area contributed by atoms with Crippen molar-refractivity contribution < 1.29 is 4.79 Å². The number of carbonyl (C=O) groups excluding carboxylic acids is 1. The third kappa shape index (κ3) is 2.72. The first-order valence-corrected chi connectivity index (χ1v) is 10.1. The molecule has 1 unspecified atom stereocenters. The van der Waals surface area contributed by atoms with Crippen molar-refractivity contribution in [2.45, 2.75) is 31.8 Å². The van der Waals surface area contributed by atoms with Crippen LogP contribution in [0.1, 0.15) is 44.6 Å². The molecule has 0 aliphatic carbocycles. The smallest absolute Gasteiger partial charge is 0.264 e. The second-order valence-electron chi connectivity index (χ2n) is 7.10. The van der Waals surface area contributed by atoms with Gasteiger partial charge in [0.1, 0.15) is 0 Å². The summed E-state index contributed by atoms with van der Waals surface area (Å²) in [6.07, 6.45) is 5.04. The van der Waals surface area contributed by atoms with E-state index in [0.29, 0.717) is 0 Å². The van der Waals surface area contributed by atoms with Crippen LogP contribution < -0.4 is 5.32 Å². The lowest BCUT2D eigenvalue weighted by atomic mass is 10.0. The van der Waals surface area contributed by atoms with Gasteiger partial charge in [-0.1, -0.05) is 18.2 Å². The third-order valence-electron chi connectivity index (χ3n) is 5.47. The van der Waals surface area contributed by atoms with Crippen molar-refractivity contribution in [3.05, 3.63) is 63.5 Å². The Kier molecular flexibility index (Phi) is 3.98. The van der Waals surface area contributed by atoms with Crippen LogP contribution >= 0.6 is 11.3 Å². The van der Waals surface area contributed by atoms with Gasteiger partial charge >= 0.3 is 0 Å². The van der Waals surface area contributed by atoms with Gasteiger partial charge in [0, 0.05) is 29.5 Å². The number of para-hydroxylation sites is 1. The van der Waals surface area contributed by atoms with Gasteiger partial charge in [0.25, 0.3) is 5.91 Å². The lowest BCUT2D eigenvalue weighted by molar-refractivity contribution is 0.0740. The second kappa shape index (κ2) is 6.49. The minimum atomic E-state index is 0.136. The van der Waals surface area contributed by atoms with Gasteiger partial charge < -0.3 is 10.2 Å². The van der Waals surface area contributed by atoms with Gasteiger partial charge in [-0.2, -0.15) is 0 Å². The van der Waals surface area contributed by atoms with Gasteiger partial charge in [-0.05, 0) is 55.1 Å². The summed E-state index contributed by atoms with van der Waals surface area (Å²) < 4.78 is 0. The van der Waals surface area contributed by atoms with E-state index in [1.165, 1.54) is 10.4 Å². The van der Waals surface area contributed by atoms with E-state index in [0.717, 1.165) is 60.2 Å². The number of aromatic nitrogens is 1. The number of hydrogen-bond donors (Lipinski definition) is 1. The molecule has 0 radical (unpaired) electrons. The molecule has 3 aromatic rings. The number of thiophene rings is 1. The predicted octanol–water partition coefficient (Wildman–Crippen LogP) is 3.92. The largest absolute Gasteiger partial charge is 0.331 e. The van der Waals surface area contributed by atoms with Gasteiger partial charge in [0.05, 0.1) is 16.4 Å². The molecule has 132 valence electrons. The van der Waals surface area contributed by atoms with Crippen molar-refractivity contribution in [2.75, 3.05) is 13.1 Å². The molecule has 4 heterocycles. The zero-order valence-electron chi connectivity index (χ0n) is 14.6. The van der Waals surface area contributed by atoms with Crippen LogP contribution in [0.2, 0.25) is 0 Å². The highest BCUT2D eigenvalue weighted by molar-refractivity contribution is 7.14. The summed E-state index contributed by atoms with van der Waals surface area (Å²) in [4.78, 5) is 22.1. The molecule has 1 N–H and O–H groups in total. The average molecular weight is 363 g/mol. The molecule has 0 spiro atoms. The molecule has 2 aromatic heterocycles. The molecule has 2 aliphatic heterocycles. The van der Waals surface area contributed by atoms with Crippen molar-refractivity contribution in [1.29, 1.82) is 0 Å². The highest BCUT2D eigenvalue weighted by Crippen LogP contribution is 2.36. The number of carbonyl (C=O) groups is 1. The molecular weight excluding hydrogens is 342 g/mol. The van der Waals surface area contributed by atoms with Crippen molar-refractivity contribution in [3.63, 3.8) is 0 Å². The van der Waals surface area contributed by atoms with E-state index < -0.39 is 0 Å². The lowest BCUT2D eigenvalue weighted by Gasteiger charge is -2.24. The van der Waals surface area contributed by atoms with Crippen LogP contribution in [0.4, 0.5) is 0 Å². The van der Waals surface area contributed by atoms with E-state index in [9.17, 15) is 4.79 Å². The third-order valence-corrected chi connectivity index (χ3v) is 6.64. The Balaban J connectivity index is 1.45. The van der Waals surface area contributed by atoms with Gasteiger partial charge in [0.2, 0.25) is 0 Å². The van der Waals surface area contributed by atoms with Gasteiger partial charge in [0.15, 0.2) is 0 Å². The van der Waals surface area contributed by atoms with Gasteiger partial charge in [-0.25, -0.2) is 0 Å². The molecule has 1 atom stereocenters. The summed E-state index contributed by atoms with van der Waals surface area (Å²) in [6.45, 7) is 2.73. The van der Waals surface area contributed by atoms with Crippen LogP contribution in [0.25, 0.3) is 10.9 Å². The number of amides is 1. The topological polar surface area (TPSA) is 45.2 Å². The molecule has 1 amide bonds. The summed E-state index contributed by atoms with van der Waals surface area (Å²) in [7, 11) is 0. The maximum Gasteiger partial charge on any atom is 0.264 e. The first-order valence-electron chi connectivity index (χ1n) is 9.27. The van der Waals surface area contributed by atoms with Crippen molar-refractivity contribution in [1.82, 2.24) is 15.2 Å². The Morgan fingerprint density at radius 3 is 3.12 bits per heavy atom. The van der Waals surface area contributed by atoms with Crippen LogP contribution in [0, 0.1) is 0 Å². The van der Waals surface area contributed by atoms with E-state index >= 15 is 0 Å². The summed E-state index contributed by atoms with van der Waals surface area (Å²) in [5.74, 6) is 0.181. The Morgan fingerprint density at radius 1 is 1.27 bits per heavy atom. The van der Waals surface area contributed by atoms with Crippen LogP contribution in [0.5, 0.6) is 0 Å². The second-order valence-corrected chi connectivity index (χ2v) is 8.24. The van der Waals surface area contributed by atoms with E-state index in [-0.39, 0.29) is 11.9 Å². The number of benzene rings is 1. The Labute approximate surface area is 156 Å². The SMILES string of the molecule is O=C(c1cc2c(s1)CNCC2)N1CCCC1c1cnc2ccccc2c1. The first-order chi connectivity index (χ1) is 12.8. The van der Waals surface area contributed by atoms with E-state index in [1.807, 2.05) is 24.4 Å². The standard InChI is InChI=1S/C21H21N3OS/c25-21(19-11-15-7-8-22-13-20(15)26-19)24-9-3-6-18(24)16-10-14-4-1-2-5-17(14)23-12-16/h1-2,4-5,10-12,18,22H,3,6-9,13H2. The van der Waals surface area contributed by atoms with Crippen LogP contribution in [0.15, 0.2) is 42.6 Å². The molecule has 0 bridgehead atoms. The summed E-state index contributed by atoms with van der Waals surface area (Å²) in [5.41, 5.74) is 3.50. The Hall–Kier alpha value is -2.24. The Bertz CT molecular complexity index is 957. The first kappa shape index (κ1) is 16.0. The van der Waals surface area contributed by atoms with E-state index in [1.54, 1.807) is 11.3 Å². The number of likely N-dealkylation sites (tertiary alicyclic amines) is 1. The van der Waals surface area contributed by atoms with Crippen molar-refractivity contribution >= 4 is 28.1 Å². The summed E-state index contributed by atoms with van der Waals surface area (Å²) in [6, 6.07) is 12.6. The zero-order chi connectivity index (χ0) is 17.5. The maximum absolute atomic E-state index is 13.2. The maximum atomic E-state index is 13.2. The molecule has 4 nitrogen and oxygen atoms in total. The zero-order valence-corrected chi connectivity index (χ0v) is 15.4. The molecule has 1 fully saturated rings. The molecule has 1 aromatic carbocycles. The van der Waals surface area contributed by atoms with E-state index in [2.05, 4.69) is 33.4 Å². The van der Waals surface area contributed by atoms with Gasteiger partial charge in [-0.15, -0.1) is 11.3 Å². The fraction of sp³-hybridized carbons (Fsp3) is 0.333. The quantitative estimate of drug-likeness (QED) is 0.751. The molecule has 0 saturated carbocycles. The number of pyridine rings is 1. The fourth-order valence-electron chi connectivity index (χ4n) is 4.13. The normalized spacial score (nSPS) is 19.7. The number of hydrogen-bond acceptors (Lipinski definition) is 4. The van der Waals surface area contributed by atoms with Crippen molar-refractivity contribution in [3.8, 4) is 0 Å². The molecule has 1 saturated heterocycles. The number of nitrogens with zero attached hydrogens (tertiary/aromatic N) is 2.